The second-order valence-corrected chi connectivity index (χ2v) is 2.83. The average molecular weight is 187 g/mol. The minimum Gasteiger partial charge on any atom is -0.448 e. The number of hydrogen-bond donors (Lipinski definition) is 2. The topological polar surface area (TPSA) is 77.2 Å². The van der Waals surface area contributed by atoms with E-state index in [-0.39, 0.29) is 6.61 Å². The van der Waals surface area contributed by atoms with Crippen molar-refractivity contribution in [2.45, 2.75) is 0 Å². The molecule has 1 heterocycles. The van der Waals surface area contributed by atoms with E-state index in [4.69, 9.17) is 5.73 Å². The number of carbonyl (C=O) groups excluding carboxylic acids is 1. The van der Waals surface area contributed by atoms with Crippen LogP contribution in [0.15, 0.2) is 11.6 Å². The van der Waals surface area contributed by atoms with E-state index in [0.717, 1.165) is 5.13 Å². The fourth-order valence-corrected chi connectivity index (χ4v) is 1.18. The Kier molecular flexibility index (Phi) is 3.34. The minimum atomic E-state index is -0.754. The van der Waals surface area contributed by atoms with Crippen LogP contribution in [0.2, 0.25) is 0 Å². The number of thiazole rings is 1. The molecule has 0 fully saturated rings. The summed E-state index contributed by atoms with van der Waals surface area (Å²) in [5.41, 5.74) is 4.75. The molecule has 5 nitrogen and oxygen atoms in total. The van der Waals surface area contributed by atoms with E-state index in [9.17, 15) is 4.79 Å². The Labute approximate surface area is 73.6 Å². The Bertz CT molecular complexity index is 237. The number of carbonyl (C=O) groups is 1. The molecule has 0 aliphatic carbocycles. The standard InChI is InChI=1S/C6H9N3O2S/c7-5(10)11-3-1-8-6-9-2-4-12-6/h2,4H,1,3H2,(H2,7,10)(H,8,9). The average Bonchev–Trinajstić information content (AvgIpc) is 2.49. The van der Waals surface area contributed by atoms with Crippen molar-refractivity contribution >= 4 is 22.6 Å². The maximum atomic E-state index is 10.1. The Morgan fingerprint density at radius 3 is 3.25 bits per heavy atom. The second-order valence-electron chi connectivity index (χ2n) is 1.93. The molecule has 0 saturated carbocycles. The van der Waals surface area contributed by atoms with Crippen LogP contribution in [-0.4, -0.2) is 24.2 Å². The lowest BCUT2D eigenvalue weighted by molar-refractivity contribution is 0.161. The van der Waals surface area contributed by atoms with Crippen molar-refractivity contribution in [3.63, 3.8) is 0 Å². The Morgan fingerprint density at radius 1 is 1.83 bits per heavy atom. The number of nitrogens with one attached hydrogen (secondary N) is 1. The molecule has 0 aliphatic heterocycles. The van der Waals surface area contributed by atoms with Gasteiger partial charge in [0.25, 0.3) is 0 Å². The third-order valence-electron chi connectivity index (χ3n) is 1.05. The lowest BCUT2D eigenvalue weighted by atomic mass is 10.7. The molecule has 0 aliphatic rings. The van der Waals surface area contributed by atoms with Crippen LogP contribution in [0.5, 0.6) is 0 Å². The summed E-state index contributed by atoms with van der Waals surface area (Å²) in [7, 11) is 0. The molecule has 0 aromatic carbocycles. The molecule has 0 bridgehead atoms. The van der Waals surface area contributed by atoms with Gasteiger partial charge in [0, 0.05) is 11.6 Å². The summed E-state index contributed by atoms with van der Waals surface area (Å²) in [6.07, 6.45) is 0.943. The number of aromatic nitrogens is 1. The normalized spacial score (nSPS) is 9.33. The zero-order chi connectivity index (χ0) is 8.81. The SMILES string of the molecule is NC(=O)OCCNc1nccs1. The molecule has 0 saturated heterocycles. The van der Waals surface area contributed by atoms with Crippen LogP contribution >= 0.6 is 11.3 Å². The highest BCUT2D eigenvalue weighted by molar-refractivity contribution is 7.13. The molecule has 1 rings (SSSR count). The number of rotatable bonds is 4. The molecule has 1 aromatic rings. The number of ether oxygens (including phenoxy) is 1. The molecule has 3 N–H and O–H groups in total. The van der Waals surface area contributed by atoms with Gasteiger partial charge in [0.1, 0.15) is 6.61 Å². The fraction of sp³-hybridized carbons (Fsp3) is 0.333. The Hall–Kier alpha value is -1.30. The van der Waals surface area contributed by atoms with Gasteiger partial charge in [-0.2, -0.15) is 0 Å². The molecule has 1 aromatic heterocycles. The van der Waals surface area contributed by atoms with E-state index in [1.54, 1.807) is 6.20 Å². The number of nitrogens with zero attached hydrogens (tertiary/aromatic N) is 1. The van der Waals surface area contributed by atoms with Crippen molar-refractivity contribution in [2.24, 2.45) is 5.73 Å². The summed E-state index contributed by atoms with van der Waals surface area (Å²) in [5.74, 6) is 0. The number of primary amides is 1. The lowest BCUT2D eigenvalue weighted by Gasteiger charge is -2.01. The van der Waals surface area contributed by atoms with E-state index >= 15 is 0 Å². The highest BCUT2D eigenvalue weighted by Gasteiger charge is 1.94. The molecule has 6 heteroatoms. The third kappa shape index (κ3) is 3.20. The molecular formula is C6H9N3O2S. The minimum absolute atomic E-state index is 0.259. The zero-order valence-electron chi connectivity index (χ0n) is 6.32. The van der Waals surface area contributed by atoms with Gasteiger partial charge in [0.15, 0.2) is 5.13 Å². The van der Waals surface area contributed by atoms with Crippen molar-refractivity contribution < 1.29 is 9.53 Å². The van der Waals surface area contributed by atoms with Crippen molar-refractivity contribution in [1.82, 2.24) is 4.98 Å². The summed E-state index contributed by atoms with van der Waals surface area (Å²) in [5, 5.41) is 5.62. The fourth-order valence-electron chi connectivity index (χ4n) is 0.620. The molecular weight excluding hydrogens is 178 g/mol. The predicted octanol–water partition coefficient (Wildman–Crippen LogP) is 0.650. The van der Waals surface area contributed by atoms with Crippen LogP contribution in [0.4, 0.5) is 9.93 Å². The van der Waals surface area contributed by atoms with Gasteiger partial charge in [-0.3, -0.25) is 0 Å². The summed E-state index contributed by atoms with van der Waals surface area (Å²) in [6.45, 7) is 0.783. The van der Waals surface area contributed by atoms with Crippen LogP contribution in [0.1, 0.15) is 0 Å². The predicted molar refractivity (Wildman–Crippen MR) is 46.1 cm³/mol. The van der Waals surface area contributed by atoms with Crippen LogP contribution in [0.3, 0.4) is 0 Å². The quantitative estimate of drug-likeness (QED) is 0.678. The summed E-state index contributed by atoms with van der Waals surface area (Å²) in [4.78, 5) is 14.1. The van der Waals surface area contributed by atoms with E-state index < -0.39 is 6.09 Å². The van der Waals surface area contributed by atoms with E-state index in [1.165, 1.54) is 11.3 Å². The van der Waals surface area contributed by atoms with Gasteiger partial charge < -0.3 is 15.8 Å². The van der Waals surface area contributed by atoms with Crippen molar-refractivity contribution in [3.05, 3.63) is 11.6 Å². The molecule has 1 amide bonds. The van der Waals surface area contributed by atoms with E-state index in [2.05, 4.69) is 15.0 Å². The molecule has 12 heavy (non-hydrogen) atoms. The highest BCUT2D eigenvalue weighted by Crippen LogP contribution is 2.08. The van der Waals surface area contributed by atoms with Crippen molar-refractivity contribution in [2.75, 3.05) is 18.5 Å². The van der Waals surface area contributed by atoms with Crippen molar-refractivity contribution in [1.29, 1.82) is 0 Å². The van der Waals surface area contributed by atoms with Gasteiger partial charge in [0.05, 0.1) is 6.54 Å². The van der Waals surface area contributed by atoms with Gasteiger partial charge in [-0.25, -0.2) is 9.78 Å². The molecule has 0 atom stereocenters. The Morgan fingerprint density at radius 2 is 2.67 bits per heavy atom. The first-order valence-electron chi connectivity index (χ1n) is 3.34. The largest absolute Gasteiger partial charge is 0.448 e. The van der Waals surface area contributed by atoms with E-state index in [1.807, 2.05) is 5.38 Å². The molecule has 0 radical (unpaired) electrons. The summed E-state index contributed by atoms with van der Waals surface area (Å²) in [6, 6.07) is 0. The molecule has 0 unspecified atom stereocenters. The first-order valence-corrected chi connectivity index (χ1v) is 4.22. The monoisotopic (exact) mass is 187 g/mol. The van der Waals surface area contributed by atoms with Crippen LogP contribution in [0, 0.1) is 0 Å². The zero-order valence-corrected chi connectivity index (χ0v) is 7.13. The number of amides is 1. The van der Waals surface area contributed by atoms with Gasteiger partial charge in [0.2, 0.25) is 0 Å². The number of anilines is 1. The maximum absolute atomic E-state index is 10.1. The summed E-state index contributed by atoms with van der Waals surface area (Å²) >= 11 is 1.49. The third-order valence-corrected chi connectivity index (χ3v) is 1.79. The second kappa shape index (κ2) is 4.55. The smallest absolute Gasteiger partial charge is 0.404 e. The maximum Gasteiger partial charge on any atom is 0.404 e. The van der Waals surface area contributed by atoms with Crippen molar-refractivity contribution in [3.8, 4) is 0 Å². The highest BCUT2D eigenvalue weighted by atomic mass is 32.1. The van der Waals surface area contributed by atoms with Crippen LogP contribution < -0.4 is 11.1 Å². The molecule has 0 spiro atoms. The molecule has 66 valence electrons. The first kappa shape index (κ1) is 8.79. The lowest BCUT2D eigenvalue weighted by Crippen LogP contribution is -2.18. The first-order chi connectivity index (χ1) is 5.79. The van der Waals surface area contributed by atoms with E-state index in [0.29, 0.717) is 6.54 Å². The number of nitrogens with two attached hydrogens (primary N) is 1. The van der Waals surface area contributed by atoms with Gasteiger partial charge >= 0.3 is 6.09 Å². The van der Waals surface area contributed by atoms with Gasteiger partial charge in [-0.1, -0.05) is 0 Å². The number of hydrogen-bond acceptors (Lipinski definition) is 5. The Balaban J connectivity index is 2.07. The van der Waals surface area contributed by atoms with Gasteiger partial charge in [-0.05, 0) is 0 Å². The van der Waals surface area contributed by atoms with Gasteiger partial charge in [-0.15, -0.1) is 11.3 Å². The van der Waals surface area contributed by atoms with Crippen LogP contribution in [0.25, 0.3) is 0 Å². The van der Waals surface area contributed by atoms with Crippen LogP contribution in [-0.2, 0) is 4.74 Å². The summed E-state index contributed by atoms with van der Waals surface area (Å²) < 4.78 is 4.49.